The average Bonchev–Trinajstić information content (AvgIpc) is 2.52. The van der Waals surface area contributed by atoms with Gasteiger partial charge in [-0.3, -0.25) is 4.79 Å². The minimum Gasteiger partial charge on any atom is -0.376 e. The van der Waals surface area contributed by atoms with Gasteiger partial charge in [0.15, 0.2) is 0 Å². The summed E-state index contributed by atoms with van der Waals surface area (Å²) >= 11 is 5.64. The number of benzene rings is 1. The molecule has 0 bridgehead atoms. The second-order valence-electron chi connectivity index (χ2n) is 5.69. The van der Waals surface area contributed by atoms with Crippen molar-refractivity contribution in [1.29, 1.82) is 0 Å². The zero-order valence-electron chi connectivity index (χ0n) is 12.9. The Bertz CT molecular complexity index is 563. The quantitative estimate of drug-likeness (QED) is 0.865. The first-order valence-corrected chi connectivity index (χ1v) is 8.10. The lowest BCUT2D eigenvalue weighted by Crippen LogP contribution is -2.45. The topological polar surface area (TPSA) is 32.3 Å². The van der Waals surface area contributed by atoms with Gasteiger partial charge in [-0.15, -0.1) is 0 Å². The van der Waals surface area contributed by atoms with Gasteiger partial charge in [-0.2, -0.15) is 13.2 Å². The van der Waals surface area contributed by atoms with Gasteiger partial charge in [0, 0.05) is 23.3 Å². The molecule has 1 fully saturated rings. The molecule has 7 heteroatoms. The first-order chi connectivity index (χ1) is 10.8. The molecule has 128 valence electrons. The van der Waals surface area contributed by atoms with E-state index in [4.69, 9.17) is 11.6 Å². The van der Waals surface area contributed by atoms with Crippen molar-refractivity contribution in [3.05, 3.63) is 28.8 Å². The number of nitrogens with zero attached hydrogens (tertiary/aromatic N) is 1. The first-order valence-electron chi connectivity index (χ1n) is 7.73. The summed E-state index contributed by atoms with van der Waals surface area (Å²) in [6, 6.07) is 3.68. The summed E-state index contributed by atoms with van der Waals surface area (Å²) in [6.45, 7) is 2.54. The molecule has 0 radical (unpaired) electrons. The van der Waals surface area contributed by atoms with Gasteiger partial charge in [0.2, 0.25) is 5.91 Å². The van der Waals surface area contributed by atoms with Gasteiger partial charge in [0.05, 0.1) is 12.1 Å². The van der Waals surface area contributed by atoms with Crippen LogP contribution in [0.1, 0.15) is 38.2 Å². The molecule has 0 spiro atoms. The van der Waals surface area contributed by atoms with Gasteiger partial charge in [-0.1, -0.05) is 18.5 Å². The second kappa shape index (κ2) is 7.43. The van der Waals surface area contributed by atoms with Crippen molar-refractivity contribution in [2.75, 3.05) is 18.4 Å². The lowest BCUT2D eigenvalue weighted by molar-refractivity contribution is -0.137. The van der Waals surface area contributed by atoms with Gasteiger partial charge < -0.3 is 10.2 Å². The van der Waals surface area contributed by atoms with Crippen LogP contribution in [0.25, 0.3) is 0 Å². The number of piperidine rings is 1. The summed E-state index contributed by atoms with van der Waals surface area (Å²) in [6.07, 6.45) is -0.674. The van der Waals surface area contributed by atoms with Gasteiger partial charge in [-0.25, -0.2) is 0 Å². The van der Waals surface area contributed by atoms with Gasteiger partial charge in [0.25, 0.3) is 0 Å². The van der Waals surface area contributed by atoms with Crippen LogP contribution in [-0.4, -0.2) is 29.9 Å². The van der Waals surface area contributed by atoms with E-state index in [1.807, 2.05) is 6.92 Å². The third kappa shape index (κ3) is 4.53. The molecule has 1 unspecified atom stereocenters. The molecule has 23 heavy (non-hydrogen) atoms. The molecule has 1 aromatic rings. The number of alkyl halides is 3. The SMILES string of the molecule is CCC1CCCCN1C(=O)CNc1ccc(Cl)cc1C(F)(F)F. The smallest absolute Gasteiger partial charge is 0.376 e. The number of likely N-dealkylation sites (tertiary alicyclic amines) is 1. The molecule has 1 aliphatic heterocycles. The zero-order chi connectivity index (χ0) is 17.0. The van der Waals surface area contributed by atoms with Crippen LogP contribution in [0.4, 0.5) is 18.9 Å². The molecule has 0 aromatic heterocycles. The fraction of sp³-hybridized carbons (Fsp3) is 0.562. The molecule has 1 aromatic carbocycles. The number of amides is 1. The number of rotatable bonds is 4. The number of carbonyl (C=O) groups excluding carboxylic acids is 1. The predicted molar refractivity (Wildman–Crippen MR) is 84.6 cm³/mol. The van der Waals surface area contributed by atoms with Crippen LogP contribution in [-0.2, 0) is 11.0 Å². The predicted octanol–water partition coefficient (Wildman–Crippen LogP) is 4.56. The van der Waals surface area contributed by atoms with Crippen molar-refractivity contribution in [1.82, 2.24) is 4.90 Å². The molecular weight excluding hydrogens is 329 g/mol. The van der Waals surface area contributed by atoms with Crippen molar-refractivity contribution in [3.63, 3.8) is 0 Å². The Labute approximate surface area is 138 Å². The van der Waals surface area contributed by atoms with Crippen LogP contribution in [0.2, 0.25) is 5.02 Å². The molecular formula is C16H20ClF3N2O. The van der Waals surface area contributed by atoms with Crippen molar-refractivity contribution in [3.8, 4) is 0 Å². The van der Waals surface area contributed by atoms with Crippen LogP contribution >= 0.6 is 11.6 Å². The number of hydrogen-bond donors (Lipinski definition) is 1. The molecule has 1 saturated heterocycles. The molecule has 3 nitrogen and oxygen atoms in total. The number of nitrogens with one attached hydrogen (secondary N) is 1. The molecule has 1 N–H and O–H groups in total. The Morgan fingerprint density at radius 3 is 2.78 bits per heavy atom. The fourth-order valence-electron chi connectivity index (χ4n) is 2.93. The zero-order valence-corrected chi connectivity index (χ0v) is 13.7. The molecule has 0 aliphatic carbocycles. The van der Waals surface area contributed by atoms with E-state index in [-0.39, 0.29) is 29.2 Å². The minimum absolute atomic E-state index is 0.0104. The van der Waals surface area contributed by atoms with Crippen LogP contribution < -0.4 is 5.32 Å². The highest BCUT2D eigenvalue weighted by Crippen LogP contribution is 2.36. The lowest BCUT2D eigenvalue weighted by atomic mass is 10.00. The van der Waals surface area contributed by atoms with E-state index in [1.165, 1.54) is 12.1 Å². The average molecular weight is 349 g/mol. The molecule has 1 aliphatic rings. The maximum Gasteiger partial charge on any atom is 0.418 e. The maximum atomic E-state index is 13.0. The molecule has 0 saturated carbocycles. The number of hydrogen-bond acceptors (Lipinski definition) is 2. The third-order valence-electron chi connectivity index (χ3n) is 4.14. The summed E-state index contributed by atoms with van der Waals surface area (Å²) in [5.41, 5.74) is -0.983. The Morgan fingerprint density at radius 1 is 1.39 bits per heavy atom. The van der Waals surface area contributed by atoms with E-state index in [2.05, 4.69) is 5.32 Å². The standard InChI is InChI=1S/C16H20ClF3N2O/c1-2-12-5-3-4-8-22(12)15(23)10-21-14-7-6-11(17)9-13(14)16(18,19)20/h6-7,9,12,21H,2-5,8,10H2,1H3. The molecule has 1 atom stereocenters. The van der Waals surface area contributed by atoms with Crippen molar-refractivity contribution in [2.24, 2.45) is 0 Å². The van der Waals surface area contributed by atoms with E-state index < -0.39 is 11.7 Å². The van der Waals surface area contributed by atoms with Gasteiger partial charge in [-0.05, 0) is 43.9 Å². The summed E-state index contributed by atoms with van der Waals surface area (Å²) in [5.74, 6) is -0.167. The first kappa shape index (κ1) is 17.9. The van der Waals surface area contributed by atoms with Gasteiger partial charge in [0.1, 0.15) is 0 Å². The number of anilines is 1. The van der Waals surface area contributed by atoms with Crippen LogP contribution in [0, 0.1) is 0 Å². The Hall–Kier alpha value is -1.43. The van der Waals surface area contributed by atoms with E-state index in [0.717, 1.165) is 31.7 Å². The summed E-state index contributed by atoms with van der Waals surface area (Å²) in [4.78, 5) is 14.1. The Kier molecular flexibility index (Phi) is 5.79. The number of halogens is 4. The number of carbonyl (C=O) groups is 1. The maximum absolute atomic E-state index is 13.0. The van der Waals surface area contributed by atoms with E-state index in [1.54, 1.807) is 4.90 Å². The van der Waals surface area contributed by atoms with Crippen LogP contribution in [0.3, 0.4) is 0 Å². The molecule has 2 rings (SSSR count). The lowest BCUT2D eigenvalue weighted by Gasteiger charge is -2.35. The Morgan fingerprint density at radius 2 is 2.13 bits per heavy atom. The summed E-state index contributed by atoms with van der Waals surface area (Å²) in [7, 11) is 0. The Balaban J connectivity index is 2.07. The molecule has 1 heterocycles. The fourth-order valence-corrected chi connectivity index (χ4v) is 3.10. The van der Waals surface area contributed by atoms with Crippen LogP contribution in [0.5, 0.6) is 0 Å². The van der Waals surface area contributed by atoms with Crippen molar-refractivity contribution in [2.45, 2.75) is 44.8 Å². The largest absolute Gasteiger partial charge is 0.418 e. The van der Waals surface area contributed by atoms with Crippen molar-refractivity contribution >= 4 is 23.2 Å². The van der Waals surface area contributed by atoms with Crippen molar-refractivity contribution < 1.29 is 18.0 Å². The third-order valence-corrected chi connectivity index (χ3v) is 4.37. The second-order valence-corrected chi connectivity index (χ2v) is 6.12. The highest BCUT2D eigenvalue weighted by molar-refractivity contribution is 6.30. The van der Waals surface area contributed by atoms with E-state index in [9.17, 15) is 18.0 Å². The summed E-state index contributed by atoms with van der Waals surface area (Å²) in [5, 5.41) is 2.63. The highest BCUT2D eigenvalue weighted by atomic mass is 35.5. The highest BCUT2D eigenvalue weighted by Gasteiger charge is 2.34. The molecule has 1 amide bonds. The van der Waals surface area contributed by atoms with Crippen LogP contribution in [0.15, 0.2) is 18.2 Å². The minimum atomic E-state index is -4.52. The summed E-state index contributed by atoms with van der Waals surface area (Å²) < 4.78 is 39.1. The van der Waals surface area contributed by atoms with Gasteiger partial charge >= 0.3 is 6.18 Å². The monoisotopic (exact) mass is 348 g/mol. The normalized spacial score (nSPS) is 18.8. The van der Waals surface area contributed by atoms with E-state index >= 15 is 0 Å². The van der Waals surface area contributed by atoms with E-state index in [0.29, 0.717) is 6.54 Å².